The van der Waals surface area contributed by atoms with Crippen molar-refractivity contribution in [3.05, 3.63) is 41.2 Å². The molecule has 0 spiro atoms. The van der Waals surface area contributed by atoms with Crippen LogP contribution in [0.4, 0.5) is 9.52 Å². The molecular formula is C16H19FN4OS. The molecule has 23 heavy (non-hydrogen) atoms. The van der Waals surface area contributed by atoms with Crippen LogP contribution in [-0.2, 0) is 11.2 Å². The quantitative estimate of drug-likeness (QED) is 0.913. The molecular weight excluding hydrogens is 315 g/mol. The summed E-state index contributed by atoms with van der Waals surface area (Å²) >= 11 is 1.32. The summed E-state index contributed by atoms with van der Waals surface area (Å²) in [5.74, 6) is 0.367. The van der Waals surface area contributed by atoms with E-state index in [4.69, 9.17) is 0 Å². The molecule has 2 aromatic rings. The number of carbonyl (C=O) groups is 1. The van der Waals surface area contributed by atoms with Gasteiger partial charge in [0.25, 0.3) is 0 Å². The average Bonchev–Trinajstić information content (AvgIpc) is 3.04. The summed E-state index contributed by atoms with van der Waals surface area (Å²) in [4.78, 5) is 14.1. The highest BCUT2D eigenvalue weighted by molar-refractivity contribution is 7.13. The first kappa shape index (κ1) is 16.0. The van der Waals surface area contributed by atoms with Crippen molar-refractivity contribution in [2.75, 3.05) is 25.0 Å². The molecule has 1 N–H and O–H groups in total. The molecule has 1 saturated heterocycles. The largest absolute Gasteiger partial charge is 0.299 e. The van der Waals surface area contributed by atoms with E-state index in [1.165, 1.54) is 29.0 Å². The molecule has 0 saturated carbocycles. The predicted molar refractivity (Wildman–Crippen MR) is 87.8 cm³/mol. The van der Waals surface area contributed by atoms with Crippen molar-refractivity contribution in [3.63, 3.8) is 0 Å². The van der Waals surface area contributed by atoms with Crippen LogP contribution in [0.25, 0.3) is 0 Å². The minimum atomic E-state index is -0.190. The van der Waals surface area contributed by atoms with Crippen molar-refractivity contribution in [3.8, 4) is 0 Å². The van der Waals surface area contributed by atoms with Gasteiger partial charge in [0.05, 0.1) is 6.54 Å². The normalized spacial score (nSPS) is 16.4. The van der Waals surface area contributed by atoms with Gasteiger partial charge in [-0.05, 0) is 56.0 Å². The number of nitrogens with one attached hydrogen (secondary N) is 1. The van der Waals surface area contributed by atoms with Crippen LogP contribution >= 0.6 is 11.3 Å². The maximum Gasteiger partial charge on any atom is 0.240 e. The first-order valence-electron chi connectivity index (χ1n) is 7.72. The number of amides is 1. The summed E-state index contributed by atoms with van der Waals surface area (Å²) in [6.45, 7) is 2.22. The van der Waals surface area contributed by atoms with Gasteiger partial charge >= 0.3 is 0 Å². The van der Waals surface area contributed by atoms with Crippen LogP contribution in [0.3, 0.4) is 0 Å². The van der Waals surface area contributed by atoms with Crippen molar-refractivity contribution in [2.24, 2.45) is 5.92 Å². The Balaban J connectivity index is 1.41. The number of carbonyl (C=O) groups excluding carboxylic acids is 1. The molecule has 3 rings (SSSR count). The first-order valence-corrected chi connectivity index (χ1v) is 8.60. The standard InChI is InChI=1S/C16H19FN4OS/c17-14-3-1-12(2-4-14)9-13-5-7-21(8-6-13)10-15(22)19-16-20-18-11-23-16/h1-4,11,13H,5-10H2,(H,19,20,22). The van der Waals surface area contributed by atoms with Gasteiger partial charge in [-0.1, -0.05) is 23.5 Å². The fourth-order valence-electron chi connectivity index (χ4n) is 2.89. The minimum absolute atomic E-state index is 0.0428. The van der Waals surface area contributed by atoms with Gasteiger partial charge in [-0.2, -0.15) is 0 Å². The number of hydrogen-bond donors (Lipinski definition) is 1. The van der Waals surface area contributed by atoms with E-state index >= 15 is 0 Å². The lowest BCUT2D eigenvalue weighted by molar-refractivity contribution is -0.117. The molecule has 1 aliphatic rings. The van der Waals surface area contributed by atoms with Gasteiger partial charge in [0.1, 0.15) is 11.3 Å². The lowest BCUT2D eigenvalue weighted by Crippen LogP contribution is -2.39. The van der Waals surface area contributed by atoms with Crippen molar-refractivity contribution in [1.29, 1.82) is 0 Å². The molecule has 1 aromatic heterocycles. The van der Waals surface area contributed by atoms with Crippen LogP contribution < -0.4 is 5.32 Å². The number of nitrogens with zero attached hydrogens (tertiary/aromatic N) is 3. The Morgan fingerprint density at radius 2 is 2.04 bits per heavy atom. The van der Waals surface area contributed by atoms with Crippen LogP contribution in [0.15, 0.2) is 29.8 Å². The van der Waals surface area contributed by atoms with Crippen LogP contribution in [0.2, 0.25) is 0 Å². The maximum absolute atomic E-state index is 12.9. The summed E-state index contributed by atoms with van der Waals surface area (Å²) in [7, 11) is 0. The van der Waals surface area contributed by atoms with Gasteiger partial charge in [-0.25, -0.2) is 4.39 Å². The van der Waals surface area contributed by atoms with Crippen molar-refractivity contribution < 1.29 is 9.18 Å². The van der Waals surface area contributed by atoms with E-state index in [9.17, 15) is 9.18 Å². The number of hydrogen-bond acceptors (Lipinski definition) is 5. The average molecular weight is 334 g/mol. The number of rotatable bonds is 5. The number of aromatic nitrogens is 2. The smallest absolute Gasteiger partial charge is 0.240 e. The molecule has 5 nitrogen and oxygen atoms in total. The van der Waals surface area contributed by atoms with E-state index in [1.54, 1.807) is 5.51 Å². The number of halogens is 1. The Kier molecular flexibility index (Phi) is 5.30. The molecule has 0 atom stereocenters. The van der Waals surface area contributed by atoms with E-state index in [0.29, 0.717) is 17.6 Å². The molecule has 1 aliphatic heterocycles. The zero-order valence-electron chi connectivity index (χ0n) is 12.7. The summed E-state index contributed by atoms with van der Waals surface area (Å²) in [6, 6.07) is 6.75. The number of benzene rings is 1. The molecule has 122 valence electrons. The molecule has 1 fully saturated rings. The van der Waals surface area contributed by atoms with Gasteiger partial charge in [0.2, 0.25) is 11.0 Å². The fraction of sp³-hybridized carbons (Fsp3) is 0.438. The van der Waals surface area contributed by atoms with E-state index < -0.39 is 0 Å². The molecule has 2 heterocycles. The van der Waals surface area contributed by atoms with Crippen molar-refractivity contribution in [1.82, 2.24) is 15.1 Å². The van der Waals surface area contributed by atoms with Gasteiger partial charge < -0.3 is 0 Å². The van der Waals surface area contributed by atoms with Crippen LogP contribution in [0, 0.1) is 11.7 Å². The molecule has 0 aliphatic carbocycles. The number of likely N-dealkylation sites (tertiary alicyclic amines) is 1. The van der Waals surface area contributed by atoms with Crippen LogP contribution in [0.5, 0.6) is 0 Å². The van der Waals surface area contributed by atoms with E-state index in [2.05, 4.69) is 20.4 Å². The lowest BCUT2D eigenvalue weighted by atomic mass is 9.90. The van der Waals surface area contributed by atoms with E-state index in [-0.39, 0.29) is 11.7 Å². The molecule has 1 aromatic carbocycles. The maximum atomic E-state index is 12.9. The summed E-state index contributed by atoms with van der Waals surface area (Å²) in [5.41, 5.74) is 2.77. The predicted octanol–water partition coefficient (Wildman–Crippen LogP) is 2.57. The van der Waals surface area contributed by atoms with Crippen molar-refractivity contribution >= 4 is 22.4 Å². The van der Waals surface area contributed by atoms with E-state index in [1.807, 2.05) is 12.1 Å². The number of anilines is 1. The Morgan fingerprint density at radius 1 is 1.30 bits per heavy atom. The number of piperidine rings is 1. The third-order valence-corrected chi connectivity index (χ3v) is 4.73. The third-order valence-electron chi connectivity index (χ3n) is 4.12. The Hall–Kier alpha value is -1.86. The second kappa shape index (κ2) is 7.61. The highest BCUT2D eigenvalue weighted by Crippen LogP contribution is 2.22. The summed E-state index contributed by atoms with van der Waals surface area (Å²) in [5, 5.41) is 10.8. The van der Waals surface area contributed by atoms with Crippen LogP contribution in [-0.4, -0.2) is 40.6 Å². The highest BCUT2D eigenvalue weighted by atomic mass is 32.1. The third kappa shape index (κ3) is 4.80. The Labute approximate surface area is 138 Å². The minimum Gasteiger partial charge on any atom is -0.299 e. The second-order valence-corrected chi connectivity index (χ2v) is 6.68. The van der Waals surface area contributed by atoms with Crippen molar-refractivity contribution in [2.45, 2.75) is 19.3 Å². The van der Waals surface area contributed by atoms with Gasteiger partial charge in [-0.3, -0.25) is 15.0 Å². The molecule has 0 radical (unpaired) electrons. The summed E-state index contributed by atoms with van der Waals surface area (Å²) < 4.78 is 12.9. The monoisotopic (exact) mass is 334 g/mol. The molecule has 0 bridgehead atoms. The zero-order chi connectivity index (χ0) is 16.1. The highest BCUT2D eigenvalue weighted by Gasteiger charge is 2.21. The SMILES string of the molecule is O=C(CN1CCC(Cc2ccc(F)cc2)CC1)Nc1nncs1. The fourth-order valence-corrected chi connectivity index (χ4v) is 3.35. The van der Waals surface area contributed by atoms with E-state index in [0.717, 1.165) is 32.4 Å². The van der Waals surface area contributed by atoms with Gasteiger partial charge in [0.15, 0.2) is 0 Å². The molecule has 1 amide bonds. The Morgan fingerprint density at radius 3 is 2.70 bits per heavy atom. The topological polar surface area (TPSA) is 58.1 Å². The van der Waals surface area contributed by atoms with Gasteiger partial charge in [0, 0.05) is 0 Å². The summed E-state index contributed by atoms with van der Waals surface area (Å²) in [6.07, 6.45) is 3.10. The molecule has 0 unspecified atom stereocenters. The lowest BCUT2D eigenvalue weighted by Gasteiger charge is -2.31. The second-order valence-electron chi connectivity index (χ2n) is 5.84. The Bertz CT molecular complexity index is 624. The zero-order valence-corrected chi connectivity index (χ0v) is 13.6. The van der Waals surface area contributed by atoms with Gasteiger partial charge in [-0.15, -0.1) is 10.2 Å². The molecule has 7 heteroatoms. The van der Waals surface area contributed by atoms with Crippen LogP contribution in [0.1, 0.15) is 18.4 Å². The first-order chi connectivity index (χ1) is 11.2.